The normalized spacial score (nSPS) is 12.0. The van der Waals surface area contributed by atoms with Crippen LogP contribution in [0.4, 0.5) is 0 Å². The molecule has 1 unspecified atom stereocenters. The van der Waals surface area contributed by atoms with Gasteiger partial charge in [-0.15, -0.1) is 0 Å². The molecular formula is C22H30N2O2S. The Morgan fingerprint density at radius 1 is 1.15 bits per heavy atom. The zero-order valence-corrected chi connectivity index (χ0v) is 17.5. The number of amides is 1. The maximum absolute atomic E-state index is 12.7. The quantitative estimate of drug-likeness (QED) is 0.658. The molecule has 1 amide bonds. The first-order valence-corrected chi connectivity index (χ1v) is 10.8. The first-order chi connectivity index (χ1) is 13.1. The number of carbonyl (C=O) groups excluding carboxylic acids is 1. The van der Waals surface area contributed by atoms with E-state index in [0.717, 1.165) is 30.2 Å². The van der Waals surface area contributed by atoms with Crippen molar-refractivity contribution in [2.45, 2.75) is 25.6 Å². The van der Waals surface area contributed by atoms with Gasteiger partial charge in [0, 0.05) is 17.9 Å². The number of nitrogens with zero attached hydrogens (tertiary/aromatic N) is 1. The number of hydrogen-bond acceptors (Lipinski definition) is 4. The van der Waals surface area contributed by atoms with Crippen LogP contribution in [0.25, 0.3) is 0 Å². The Bertz CT molecular complexity index is 732. The SMILES string of the molecule is CCN(CC)C(CNC(=O)c1cccc(CSC)c1)c1cccc(OC)c1. The monoisotopic (exact) mass is 386 g/mol. The van der Waals surface area contributed by atoms with Gasteiger partial charge in [-0.2, -0.15) is 11.8 Å². The molecule has 0 aliphatic heterocycles. The Hall–Kier alpha value is -1.98. The van der Waals surface area contributed by atoms with Gasteiger partial charge in [0.05, 0.1) is 13.2 Å². The van der Waals surface area contributed by atoms with Crippen LogP contribution in [0, 0.1) is 0 Å². The molecule has 1 atom stereocenters. The molecule has 1 N–H and O–H groups in total. The van der Waals surface area contributed by atoms with E-state index in [9.17, 15) is 4.79 Å². The second-order valence-corrected chi connectivity index (χ2v) is 7.22. The maximum Gasteiger partial charge on any atom is 0.251 e. The van der Waals surface area contributed by atoms with Crippen molar-refractivity contribution in [2.24, 2.45) is 0 Å². The van der Waals surface area contributed by atoms with E-state index in [0.29, 0.717) is 12.1 Å². The van der Waals surface area contributed by atoms with Gasteiger partial charge in [0.25, 0.3) is 5.91 Å². The minimum absolute atomic E-state index is 0.0296. The Morgan fingerprint density at radius 3 is 2.56 bits per heavy atom. The molecule has 2 aromatic rings. The third kappa shape index (κ3) is 6.01. The number of ether oxygens (including phenoxy) is 1. The number of likely N-dealkylation sites (N-methyl/N-ethyl adjacent to an activating group) is 1. The van der Waals surface area contributed by atoms with Gasteiger partial charge in [-0.05, 0) is 54.7 Å². The van der Waals surface area contributed by atoms with Crippen molar-refractivity contribution in [1.82, 2.24) is 10.2 Å². The van der Waals surface area contributed by atoms with Crippen molar-refractivity contribution < 1.29 is 9.53 Å². The summed E-state index contributed by atoms with van der Waals surface area (Å²) in [6.45, 7) is 6.67. The molecule has 2 rings (SSSR count). The highest BCUT2D eigenvalue weighted by atomic mass is 32.2. The molecule has 0 spiro atoms. The average molecular weight is 387 g/mol. The van der Waals surface area contributed by atoms with E-state index in [-0.39, 0.29) is 11.9 Å². The Morgan fingerprint density at radius 2 is 1.89 bits per heavy atom. The van der Waals surface area contributed by atoms with Crippen LogP contribution in [0.15, 0.2) is 48.5 Å². The average Bonchev–Trinajstić information content (AvgIpc) is 2.71. The summed E-state index contributed by atoms with van der Waals surface area (Å²) in [6.07, 6.45) is 2.07. The largest absolute Gasteiger partial charge is 0.497 e. The number of methoxy groups -OCH3 is 1. The molecule has 2 aromatic carbocycles. The Balaban J connectivity index is 2.15. The van der Waals surface area contributed by atoms with E-state index in [1.54, 1.807) is 18.9 Å². The highest BCUT2D eigenvalue weighted by Gasteiger charge is 2.20. The van der Waals surface area contributed by atoms with Gasteiger partial charge >= 0.3 is 0 Å². The fourth-order valence-corrected chi connectivity index (χ4v) is 3.74. The summed E-state index contributed by atoms with van der Waals surface area (Å²) < 4.78 is 5.38. The van der Waals surface area contributed by atoms with Crippen LogP contribution in [0.3, 0.4) is 0 Å². The third-order valence-corrected chi connectivity index (χ3v) is 5.31. The molecule has 0 radical (unpaired) electrons. The number of thioether (sulfide) groups is 1. The second-order valence-electron chi connectivity index (χ2n) is 6.36. The van der Waals surface area contributed by atoms with E-state index in [1.807, 2.05) is 36.4 Å². The van der Waals surface area contributed by atoms with Crippen LogP contribution in [0.2, 0.25) is 0 Å². The predicted octanol–water partition coefficient (Wildman–Crippen LogP) is 4.37. The summed E-state index contributed by atoms with van der Waals surface area (Å²) in [6, 6.07) is 16.0. The molecule has 0 aliphatic rings. The van der Waals surface area contributed by atoms with Gasteiger partial charge in [0.2, 0.25) is 0 Å². The Kier molecular flexibility index (Phi) is 8.69. The number of benzene rings is 2. The molecular weight excluding hydrogens is 356 g/mol. The van der Waals surface area contributed by atoms with Crippen LogP contribution in [0.1, 0.15) is 41.4 Å². The number of hydrogen-bond donors (Lipinski definition) is 1. The highest BCUT2D eigenvalue weighted by molar-refractivity contribution is 7.97. The molecule has 0 aromatic heterocycles. The van der Waals surface area contributed by atoms with Crippen molar-refractivity contribution in [1.29, 1.82) is 0 Å². The maximum atomic E-state index is 12.7. The van der Waals surface area contributed by atoms with Crippen LogP contribution in [0.5, 0.6) is 5.75 Å². The summed E-state index contributed by atoms with van der Waals surface area (Å²) in [5.74, 6) is 1.71. The molecule has 146 valence electrons. The molecule has 0 heterocycles. The summed E-state index contributed by atoms with van der Waals surface area (Å²) >= 11 is 1.75. The van der Waals surface area contributed by atoms with Gasteiger partial charge in [-0.1, -0.05) is 38.1 Å². The fourth-order valence-electron chi connectivity index (χ4n) is 3.23. The summed E-state index contributed by atoms with van der Waals surface area (Å²) in [5, 5.41) is 3.13. The lowest BCUT2D eigenvalue weighted by Crippen LogP contribution is -2.38. The molecule has 0 bridgehead atoms. The van der Waals surface area contributed by atoms with Crippen LogP contribution in [-0.4, -0.2) is 43.8 Å². The van der Waals surface area contributed by atoms with Crippen molar-refractivity contribution >= 4 is 17.7 Å². The summed E-state index contributed by atoms with van der Waals surface area (Å²) in [7, 11) is 1.68. The van der Waals surface area contributed by atoms with Crippen LogP contribution >= 0.6 is 11.8 Å². The van der Waals surface area contributed by atoms with Gasteiger partial charge in [-0.3, -0.25) is 9.69 Å². The lowest BCUT2D eigenvalue weighted by Gasteiger charge is -2.30. The standard InChI is InChI=1S/C22H30N2O2S/c1-5-24(6-2)21(18-10-8-12-20(14-18)26-3)15-23-22(25)19-11-7-9-17(13-19)16-27-4/h7-14,21H,5-6,15-16H2,1-4H3,(H,23,25). The molecule has 4 nitrogen and oxygen atoms in total. The fraction of sp³-hybridized carbons (Fsp3) is 0.409. The van der Waals surface area contributed by atoms with Crippen molar-refractivity contribution in [3.8, 4) is 5.75 Å². The summed E-state index contributed by atoms with van der Waals surface area (Å²) in [5.41, 5.74) is 3.03. The number of carbonyl (C=O) groups is 1. The van der Waals surface area contributed by atoms with E-state index >= 15 is 0 Å². The first kappa shape index (κ1) is 21.3. The lowest BCUT2D eigenvalue weighted by atomic mass is 10.0. The van der Waals surface area contributed by atoms with Gasteiger partial charge < -0.3 is 10.1 Å². The first-order valence-electron chi connectivity index (χ1n) is 9.37. The number of nitrogens with one attached hydrogen (secondary N) is 1. The lowest BCUT2D eigenvalue weighted by molar-refractivity contribution is 0.0935. The smallest absolute Gasteiger partial charge is 0.251 e. The van der Waals surface area contributed by atoms with Gasteiger partial charge in [0.1, 0.15) is 5.75 Å². The van der Waals surface area contributed by atoms with Crippen molar-refractivity contribution in [3.05, 3.63) is 65.2 Å². The molecule has 0 saturated heterocycles. The summed E-state index contributed by atoms with van der Waals surface area (Å²) in [4.78, 5) is 15.0. The van der Waals surface area contributed by atoms with Gasteiger partial charge in [-0.25, -0.2) is 0 Å². The third-order valence-electron chi connectivity index (χ3n) is 4.69. The number of rotatable bonds is 10. The zero-order chi connectivity index (χ0) is 19.6. The van der Waals surface area contributed by atoms with E-state index < -0.39 is 0 Å². The minimum Gasteiger partial charge on any atom is -0.497 e. The molecule has 5 heteroatoms. The van der Waals surface area contributed by atoms with Crippen LogP contribution in [-0.2, 0) is 5.75 Å². The predicted molar refractivity (Wildman–Crippen MR) is 115 cm³/mol. The van der Waals surface area contributed by atoms with E-state index in [2.05, 4.69) is 42.5 Å². The minimum atomic E-state index is -0.0296. The van der Waals surface area contributed by atoms with E-state index in [1.165, 1.54) is 5.56 Å². The Labute approximate surface area is 167 Å². The van der Waals surface area contributed by atoms with Crippen molar-refractivity contribution in [3.63, 3.8) is 0 Å². The molecule has 0 aliphatic carbocycles. The van der Waals surface area contributed by atoms with Gasteiger partial charge in [0.15, 0.2) is 0 Å². The zero-order valence-electron chi connectivity index (χ0n) is 16.7. The molecule has 0 fully saturated rings. The molecule has 0 saturated carbocycles. The molecule has 27 heavy (non-hydrogen) atoms. The van der Waals surface area contributed by atoms with Crippen LogP contribution < -0.4 is 10.1 Å². The van der Waals surface area contributed by atoms with E-state index in [4.69, 9.17) is 4.74 Å². The van der Waals surface area contributed by atoms with Crippen molar-refractivity contribution in [2.75, 3.05) is 33.0 Å². The topological polar surface area (TPSA) is 41.6 Å². The highest BCUT2D eigenvalue weighted by Crippen LogP contribution is 2.24. The second kappa shape index (κ2) is 11.0.